The van der Waals surface area contributed by atoms with Crippen molar-refractivity contribution in [2.75, 3.05) is 26.2 Å². The first-order valence-corrected chi connectivity index (χ1v) is 14.8. The monoisotopic (exact) mass is 582 g/mol. The Hall–Kier alpha value is -4.00. The number of piperidine rings is 1. The Balaban J connectivity index is 1.33. The number of ether oxygens (including phenoxy) is 1. The van der Waals surface area contributed by atoms with Crippen LogP contribution in [0.5, 0.6) is 0 Å². The van der Waals surface area contributed by atoms with Gasteiger partial charge in [0.25, 0.3) is 5.89 Å². The zero-order valence-corrected chi connectivity index (χ0v) is 23.6. The molecule has 3 aliphatic heterocycles. The van der Waals surface area contributed by atoms with Crippen molar-refractivity contribution in [1.29, 1.82) is 0 Å². The van der Waals surface area contributed by atoms with Crippen molar-refractivity contribution in [3.8, 4) is 0 Å². The maximum atomic E-state index is 13.8. The standard InChI is InChI=1S/C29H38N6O7/c30-13-5-4-9-20(25(37)27-33-19-8-2-3-10-23(19)42-27)32-26(38)22-16-18(41-29(40)34-14-6-1-7-15-34)17-35(22)28(39)21-11-12-24(36)31-21/h2-3,8,10,18,20-22H,1,4-7,9,11-17,30H2,(H,31,36)(H,32,38)/t18-,20+,21-,22+/m1/s1. The van der Waals surface area contributed by atoms with Crippen LogP contribution in [0.1, 0.15) is 68.5 Å². The fourth-order valence-electron chi connectivity index (χ4n) is 5.82. The number of carbonyl (C=O) groups excluding carboxylic acids is 5. The van der Waals surface area contributed by atoms with E-state index in [-0.39, 0.29) is 31.2 Å². The molecule has 2 aromatic rings. The number of hydrogen-bond donors (Lipinski definition) is 3. The normalized spacial score (nSPS) is 23.1. The van der Waals surface area contributed by atoms with E-state index in [0.717, 1.165) is 19.3 Å². The average Bonchev–Trinajstić information content (AvgIpc) is 3.74. The molecule has 5 rings (SSSR count). The predicted molar refractivity (Wildman–Crippen MR) is 150 cm³/mol. The first-order valence-electron chi connectivity index (χ1n) is 14.8. The molecule has 3 fully saturated rings. The number of aromatic nitrogens is 1. The number of carbonyl (C=O) groups is 5. The van der Waals surface area contributed by atoms with Crippen LogP contribution in [0.3, 0.4) is 0 Å². The van der Waals surface area contributed by atoms with Gasteiger partial charge in [-0.15, -0.1) is 0 Å². The van der Waals surface area contributed by atoms with Gasteiger partial charge in [-0.05, 0) is 63.6 Å². The number of nitrogens with one attached hydrogen (secondary N) is 2. The molecule has 0 bridgehead atoms. The highest BCUT2D eigenvalue weighted by molar-refractivity contribution is 6.01. The van der Waals surface area contributed by atoms with E-state index in [0.29, 0.717) is 56.4 Å². The minimum absolute atomic E-state index is 0.0137. The second kappa shape index (κ2) is 13.3. The van der Waals surface area contributed by atoms with Crippen LogP contribution in [0.15, 0.2) is 28.7 Å². The lowest BCUT2D eigenvalue weighted by atomic mass is 10.0. The van der Waals surface area contributed by atoms with E-state index in [1.807, 2.05) is 0 Å². The van der Waals surface area contributed by atoms with Gasteiger partial charge in [0.05, 0.1) is 12.6 Å². The molecule has 0 aliphatic carbocycles. The molecule has 42 heavy (non-hydrogen) atoms. The number of hydrogen-bond acceptors (Lipinski definition) is 9. The summed E-state index contributed by atoms with van der Waals surface area (Å²) in [6.07, 6.45) is 3.81. The molecule has 1 aromatic carbocycles. The second-order valence-electron chi connectivity index (χ2n) is 11.2. The number of oxazole rings is 1. The van der Waals surface area contributed by atoms with Crippen molar-refractivity contribution in [2.45, 2.75) is 82.0 Å². The van der Waals surface area contributed by atoms with Crippen molar-refractivity contribution in [2.24, 2.45) is 5.73 Å². The first kappa shape index (κ1) is 29.5. The van der Waals surface area contributed by atoms with Crippen LogP contribution in [0, 0.1) is 0 Å². The second-order valence-corrected chi connectivity index (χ2v) is 11.2. The lowest BCUT2D eigenvalue weighted by Crippen LogP contribution is -2.54. The van der Waals surface area contributed by atoms with Gasteiger partial charge in [-0.1, -0.05) is 12.1 Å². The summed E-state index contributed by atoms with van der Waals surface area (Å²) in [5.41, 5.74) is 6.64. The summed E-state index contributed by atoms with van der Waals surface area (Å²) in [6.45, 7) is 1.66. The summed E-state index contributed by atoms with van der Waals surface area (Å²) in [7, 11) is 0. The van der Waals surface area contributed by atoms with E-state index in [2.05, 4.69) is 15.6 Å². The highest BCUT2D eigenvalue weighted by Crippen LogP contribution is 2.26. The lowest BCUT2D eigenvalue weighted by Gasteiger charge is -2.28. The number of nitrogens with two attached hydrogens (primary N) is 1. The summed E-state index contributed by atoms with van der Waals surface area (Å²) in [5.74, 6) is -1.79. The number of fused-ring (bicyclic) bond motifs is 1. The molecule has 4 atom stereocenters. The molecular formula is C29H38N6O7. The minimum atomic E-state index is -0.998. The van der Waals surface area contributed by atoms with E-state index < -0.39 is 47.9 Å². The van der Waals surface area contributed by atoms with Crippen LogP contribution in [-0.4, -0.2) is 94.8 Å². The third-order valence-corrected chi connectivity index (χ3v) is 8.11. The molecule has 1 aromatic heterocycles. The molecule has 0 radical (unpaired) electrons. The fourth-order valence-corrected chi connectivity index (χ4v) is 5.82. The van der Waals surface area contributed by atoms with E-state index in [1.165, 1.54) is 4.90 Å². The molecule has 4 heterocycles. The SMILES string of the molecule is NCCCC[C@H](NC(=O)[C@@H]1C[C@@H](OC(=O)N2CCCCC2)CN1C(=O)[C@H]1CCC(=O)N1)C(=O)c1nc2ccccc2o1. The van der Waals surface area contributed by atoms with Crippen molar-refractivity contribution >= 4 is 40.7 Å². The first-order chi connectivity index (χ1) is 20.3. The van der Waals surface area contributed by atoms with Gasteiger partial charge in [0.15, 0.2) is 5.58 Å². The fraction of sp³-hybridized carbons (Fsp3) is 0.586. The van der Waals surface area contributed by atoms with Gasteiger partial charge in [0, 0.05) is 25.9 Å². The van der Waals surface area contributed by atoms with E-state index >= 15 is 0 Å². The number of ketones is 1. The average molecular weight is 583 g/mol. The van der Waals surface area contributed by atoms with E-state index in [4.69, 9.17) is 14.9 Å². The number of unbranched alkanes of at least 4 members (excludes halogenated alkanes) is 1. The Kier molecular flexibility index (Phi) is 9.35. The summed E-state index contributed by atoms with van der Waals surface area (Å²) < 4.78 is 11.4. The van der Waals surface area contributed by atoms with Crippen molar-refractivity contribution in [3.05, 3.63) is 30.2 Å². The highest BCUT2D eigenvalue weighted by Gasteiger charge is 2.45. The molecule has 0 spiro atoms. The molecule has 226 valence electrons. The third kappa shape index (κ3) is 6.72. The van der Waals surface area contributed by atoms with Gasteiger partial charge in [0.1, 0.15) is 23.7 Å². The van der Waals surface area contributed by atoms with Crippen LogP contribution in [0.4, 0.5) is 4.79 Å². The Morgan fingerprint density at radius 1 is 1.14 bits per heavy atom. The summed E-state index contributed by atoms with van der Waals surface area (Å²) in [5, 5.41) is 5.48. The smallest absolute Gasteiger partial charge is 0.410 e. The third-order valence-electron chi connectivity index (χ3n) is 8.11. The molecule has 0 saturated carbocycles. The number of likely N-dealkylation sites (tertiary alicyclic amines) is 2. The Labute approximate surface area is 243 Å². The van der Waals surface area contributed by atoms with Gasteiger partial charge in [0.2, 0.25) is 23.5 Å². The zero-order chi connectivity index (χ0) is 29.6. The van der Waals surface area contributed by atoms with Gasteiger partial charge in [-0.25, -0.2) is 9.78 Å². The minimum Gasteiger partial charge on any atom is -0.444 e. The van der Waals surface area contributed by atoms with Crippen LogP contribution in [0.2, 0.25) is 0 Å². The molecule has 0 unspecified atom stereocenters. The van der Waals surface area contributed by atoms with Crippen molar-refractivity contribution < 1.29 is 33.1 Å². The predicted octanol–water partition coefficient (Wildman–Crippen LogP) is 1.49. The number of amides is 4. The summed E-state index contributed by atoms with van der Waals surface area (Å²) in [4.78, 5) is 72.7. The summed E-state index contributed by atoms with van der Waals surface area (Å²) >= 11 is 0. The molecular weight excluding hydrogens is 544 g/mol. The van der Waals surface area contributed by atoms with Crippen molar-refractivity contribution in [1.82, 2.24) is 25.4 Å². The number of Topliss-reactive ketones (excluding diaryl/α,β-unsaturated/α-hetero) is 1. The lowest BCUT2D eigenvalue weighted by molar-refractivity contribution is -0.140. The maximum Gasteiger partial charge on any atom is 0.410 e. The Morgan fingerprint density at radius 2 is 1.93 bits per heavy atom. The molecule has 13 heteroatoms. The van der Waals surface area contributed by atoms with Gasteiger partial charge < -0.3 is 35.3 Å². The van der Waals surface area contributed by atoms with Crippen LogP contribution in [0.25, 0.3) is 11.1 Å². The molecule has 4 amide bonds. The van der Waals surface area contributed by atoms with E-state index in [1.54, 1.807) is 29.2 Å². The summed E-state index contributed by atoms with van der Waals surface area (Å²) in [6, 6.07) is 4.27. The molecule has 4 N–H and O–H groups in total. The maximum absolute atomic E-state index is 13.8. The number of para-hydroxylation sites is 2. The van der Waals surface area contributed by atoms with Crippen LogP contribution in [-0.2, 0) is 19.1 Å². The zero-order valence-electron chi connectivity index (χ0n) is 23.6. The number of nitrogens with zero attached hydrogens (tertiary/aromatic N) is 3. The van der Waals surface area contributed by atoms with Crippen LogP contribution < -0.4 is 16.4 Å². The quantitative estimate of drug-likeness (QED) is 0.277. The Morgan fingerprint density at radius 3 is 2.64 bits per heavy atom. The Bertz CT molecular complexity index is 1290. The molecule has 3 saturated heterocycles. The van der Waals surface area contributed by atoms with E-state index in [9.17, 15) is 24.0 Å². The molecule has 3 aliphatic rings. The molecule has 13 nitrogen and oxygen atoms in total. The highest BCUT2D eigenvalue weighted by atomic mass is 16.6. The van der Waals surface area contributed by atoms with Gasteiger partial charge >= 0.3 is 6.09 Å². The van der Waals surface area contributed by atoms with Crippen LogP contribution >= 0.6 is 0 Å². The topological polar surface area (TPSA) is 177 Å². The van der Waals surface area contributed by atoms with Crippen molar-refractivity contribution in [3.63, 3.8) is 0 Å². The van der Waals surface area contributed by atoms with Gasteiger partial charge in [-0.2, -0.15) is 0 Å². The largest absolute Gasteiger partial charge is 0.444 e. The number of benzene rings is 1. The number of rotatable bonds is 10. The van der Waals surface area contributed by atoms with Gasteiger partial charge in [-0.3, -0.25) is 19.2 Å².